The third-order valence-corrected chi connectivity index (χ3v) is 2.50. The van der Waals surface area contributed by atoms with E-state index in [0.29, 0.717) is 33.0 Å². The maximum absolute atomic E-state index is 10.9. The molecule has 0 aliphatic heterocycles. The summed E-state index contributed by atoms with van der Waals surface area (Å²) in [5, 5.41) is 10.9. The predicted octanol–water partition coefficient (Wildman–Crippen LogP) is 1.24. The maximum atomic E-state index is 10.9. The van der Waals surface area contributed by atoms with E-state index < -0.39 is 4.92 Å². The van der Waals surface area contributed by atoms with Gasteiger partial charge in [0.2, 0.25) is 0 Å². The first-order valence-corrected chi connectivity index (χ1v) is 6.47. The van der Waals surface area contributed by atoms with E-state index in [1.54, 1.807) is 13.2 Å². The van der Waals surface area contributed by atoms with Crippen LogP contribution in [0.1, 0.15) is 0 Å². The van der Waals surface area contributed by atoms with Crippen molar-refractivity contribution in [3.8, 4) is 5.75 Å². The van der Waals surface area contributed by atoms with Crippen LogP contribution in [-0.4, -0.2) is 51.7 Å². The Hall–Kier alpha value is -1.90. The van der Waals surface area contributed by atoms with Crippen molar-refractivity contribution in [2.24, 2.45) is 0 Å². The monoisotopic (exact) mass is 300 g/mol. The van der Waals surface area contributed by atoms with Crippen molar-refractivity contribution in [2.45, 2.75) is 0 Å². The zero-order valence-electron chi connectivity index (χ0n) is 11.9. The zero-order valence-corrected chi connectivity index (χ0v) is 11.9. The van der Waals surface area contributed by atoms with Gasteiger partial charge in [0.05, 0.1) is 38.0 Å². The highest BCUT2D eigenvalue weighted by atomic mass is 16.6. The summed E-state index contributed by atoms with van der Waals surface area (Å²) in [7, 11) is 1.60. The van der Waals surface area contributed by atoms with Gasteiger partial charge in [-0.1, -0.05) is 6.07 Å². The highest BCUT2D eigenvalue weighted by Gasteiger charge is 2.18. The first-order valence-electron chi connectivity index (χ1n) is 6.47. The number of benzene rings is 1. The SMILES string of the molecule is COCCOCCOCCOc1cccc(N)c1[N+](=O)[O-]. The maximum Gasteiger partial charge on any atom is 0.333 e. The lowest BCUT2D eigenvalue weighted by Crippen LogP contribution is -2.13. The molecule has 2 N–H and O–H groups in total. The number of anilines is 1. The van der Waals surface area contributed by atoms with Gasteiger partial charge < -0.3 is 24.7 Å². The second-order valence-corrected chi connectivity index (χ2v) is 4.02. The van der Waals surface area contributed by atoms with Gasteiger partial charge in [0.15, 0.2) is 5.75 Å². The van der Waals surface area contributed by atoms with E-state index in [1.165, 1.54) is 12.1 Å². The Labute approximate surface area is 122 Å². The summed E-state index contributed by atoms with van der Waals surface area (Å²) in [6.07, 6.45) is 0. The molecule has 0 aliphatic rings. The third kappa shape index (κ3) is 6.39. The smallest absolute Gasteiger partial charge is 0.333 e. The highest BCUT2D eigenvalue weighted by molar-refractivity contribution is 5.65. The fourth-order valence-electron chi connectivity index (χ4n) is 1.53. The normalized spacial score (nSPS) is 10.5. The van der Waals surface area contributed by atoms with Crippen LogP contribution in [0.2, 0.25) is 0 Å². The van der Waals surface area contributed by atoms with E-state index in [4.69, 9.17) is 24.7 Å². The van der Waals surface area contributed by atoms with Crippen LogP contribution >= 0.6 is 0 Å². The van der Waals surface area contributed by atoms with Crippen LogP contribution in [0.4, 0.5) is 11.4 Å². The van der Waals surface area contributed by atoms with Crippen LogP contribution in [-0.2, 0) is 14.2 Å². The molecule has 1 aromatic rings. The van der Waals surface area contributed by atoms with Gasteiger partial charge in [0.1, 0.15) is 12.3 Å². The Morgan fingerprint density at radius 2 is 1.71 bits per heavy atom. The van der Waals surface area contributed by atoms with Crippen molar-refractivity contribution in [1.29, 1.82) is 0 Å². The first kappa shape index (κ1) is 17.2. The van der Waals surface area contributed by atoms with Gasteiger partial charge in [0, 0.05) is 7.11 Å². The molecule has 8 nitrogen and oxygen atoms in total. The van der Waals surface area contributed by atoms with E-state index in [1.807, 2.05) is 0 Å². The van der Waals surface area contributed by atoms with Crippen molar-refractivity contribution in [1.82, 2.24) is 0 Å². The molecule has 0 saturated carbocycles. The summed E-state index contributed by atoms with van der Waals surface area (Å²) in [5.74, 6) is 0.139. The fraction of sp³-hybridized carbons (Fsp3) is 0.538. The van der Waals surface area contributed by atoms with Crippen LogP contribution in [0.15, 0.2) is 18.2 Å². The number of ether oxygens (including phenoxy) is 4. The lowest BCUT2D eigenvalue weighted by atomic mass is 10.2. The number of rotatable bonds is 11. The Morgan fingerprint density at radius 1 is 1.10 bits per heavy atom. The van der Waals surface area contributed by atoms with E-state index >= 15 is 0 Å². The molecular weight excluding hydrogens is 280 g/mol. The standard InChI is InChI=1S/C13H20N2O6/c1-18-5-6-19-7-8-20-9-10-21-12-4-2-3-11(14)13(12)15(16)17/h2-4H,5-10,14H2,1H3. The average Bonchev–Trinajstić information content (AvgIpc) is 2.45. The lowest BCUT2D eigenvalue weighted by molar-refractivity contribution is -0.384. The molecule has 0 spiro atoms. The summed E-state index contributed by atoms with van der Waals surface area (Å²) in [6, 6.07) is 4.56. The molecule has 0 radical (unpaired) electrons. The molecule has 1 rings (SSSR count). The van der Waals surface area contributed by atoms with Gasteiger partial charge in [-0.2, -0.15) is 0 Å². The quantitative estimate of drug-likeness (QED) is 0.283. The Balaban J connectivity index is 2.21. The van der Waals surface area contributed by atoms with Crippen LogP contribution in [0, 0.1) is 10.1 Å². The summed E-state index contributed by atoms with van der Waals surface area (Å²) in [5.41, 5.74) is 5.40. The van der Waals surface area contributed by atoms with Gasteiger partial charge in [-0.15, -0.1) is 0 Å². The number of nitrogens with two attached hydrogens (primary N) is 1. The minimum atomic E-state index is -0.560. The zero-order chi connectivity index (χ0) is 15.5. The topological polar surface area (TPSA) is 106 Å². The van der Waals surface area contributed by atoms with Crippen molar-refractivity contribution >= 4 is 11.4 Å². The molecule has 0 saturated heterocycles. The van der Waals surface area contributed by atoms with Gasteiger partial charge >= 0.3 is 5.69 Å². The summed E-state index contributed by atoms with van der Waals surface area (Å²) in [6.45, 7) is 2.45. The minimum Gasteiger partial charge on any atom is -0.484 e. The number of nitrogens with zero attached hydrogens (tertiary/aromatic N) is 1. The molecular formula is C13H20N2O6. The second kappa shape index (κ2) is 9.92. The third-order valence-electron chi connectivity index (χ3n) is 2.50. The molecule has 8 heteroatoms. The van der Waals surface area contributed by atoms with Gasteiger partial charge in [-0.05, 0) is 12.1 Å². The van der Waals surface area contributed by atoms with Gasteiger partial charge in [-0.25, -0.2) is 0 Å². The molecule has 0 amide bonds. The molecule has 0 heterocycles. The van der Waals surface area contributed by atoms with Gasteiger partial charge in [-0.3, -0.25) is 10.1 Å². The number of nitro groups is 1. The van der Waals surface area contributed by atoms with Crippen molar-refractivity contribution in [2.75, 3.05) is 52.5 Å². The number of hydrogen-bond donors (Lipinski definition) is 1. The van der Waals surface area contributed by atoms with E-state index in [0.717, 1.165) is 0 Å². The molecule has 0 bridgehead atoms. The molecule has 0 fully saturated rings. The number of nitrogen functional groups attached to an aromatic ring is 1. The van der Waals surface area contributed by atoms with Gasteiger partial charge in [0.25, 0.3) is 0 Å². The van der Waals surface area contributed by atoms with Crippen molar-refractivity contribution < 1.29 is 23.9 Å². The number of methoxy groups -OCH3 is 1. The molecule has 0 atom stereocenters. The Kier molecular flexibility index (Phi) is 8.10. The molecule has 0 unspecified atom stereocenters. The second-order valence-electron chi connectivity index (χ2n) is 4.02. The largest absolute Gasteiger partial charge is 0.484 e. The molecule has 0 aromatic heterocycles. The molecule has 0 aliphatic carbocycles. The molecule has 118 valence electrons. The molecule has 21 heavy (non-hydrogen) atoms. The van der Waals surface area contributed by atoms with E-state index in [2.05, 4.69) is 0 Å². The minimum absolute atomic E-state index is 0.0740. The number of para-hydroxylation sites is 1. The fourth-order valence-corrected chi connectivity index (χ4v) is 1.53. The summed E-state index contributed by atoms with van der Waals surface area (Å²) in [4.78, 5) is 10.3. The van der Waals surface area contributed by atoms with E-state index in [-0.39, 0.29) is 23.7 Å². The van der Waals surface area contributed by atoms with Crippen LogP contribution in [0.3, 0.4) is 0 Å². The van der Waals surface area contributed by atoms with Crippen molar-refractivity contribution in [3.63, 3.8) is 0 Å². The predicted molar refractivity (Wildman–Crippen MR) is 76.5 cm³/mol. The lowest BCUT2D eigenvalue weighted by Gasteiger charge is -2.08. The van der Waals surface area contributed by atoms with Crippen molar-refractivity contribution in [3.05, 3.63) is 28.3 Å². The molecule has 1 aromatic carbocycles. The summed E-state index contributed by atoms with van der Waals surface area (Å²) >= 11 is 0. The summed E-state index contributed by atoms with van der Waals surface area (Å²) < 4.78 is 20.6. The average molecular weight is 300 g/mol. The number of hydrogen-bond acceptors (Lipinski definition) is 7. The Morgan fingerprint density at radius 3 is 2.33 bits per heavy atom. The van der Waals surface area contributed by atoms with Crippen LogP contribution < -0.4 is 10.5 Å². The van der Waals surface area contributed by atoms with Crippen LogP contribution in [0.5, 0.6) is 5.75 Å². The number of nitro benzene ring substituents is 1. The van der Waals surface area contributed by atoms with Crippen LogP contribution in [0.25, 0.3) is 0 Å². The van der Waals surface area contributed by atoms with E-state index in [9.17, 15) is 10.1 Å². The Bertz CT molecular complexity index is 441. The first-order chi connectivity index (χ1) is 10.2. The highest BCUT2D eigenvalue weighted by Crippen LogP contribution is 2.32.